The van der Waals surface area contributed by atoms with Gasteiger partial charge in [0.25, 0.3) is 0 Å². The number of para-hydroxylation sites is 2. The summed E-state index contributed by atoms with van der Waals surface area (Å²) in [6.45, 7) is 0. The van der Waals surface area contributed by atoms with E-state index in [0.29, 0.717) is 5.56 Å². The molecule has 0 amide bonds. The molecule has 28 heavy (non-hydrogen) atoms. The maximum Gasteiger partial charge on any atom is 0.187 e. The van der Waals surface area contributed by atoms with Crippen LogP contribution in [0.25, 0.3) is 16.6 Å². The molecule has 0 aliphatic carbocycles. The summed E-state index contributed by atoms with van der Waals surface area (Å²) in [4.78, 5) is 12.8. The molecular weight excluding hydrogens is 346 g/mol. The molecule has 1 aromatic heterocycles. The fourth-order valence-electron chi connectivity index (χ4n) is 3.22. The molecule has 4 rings (SSSR count). The molecule has 0 unspecified atom stereocenters. The summed E-state index contributed by atoms with van der Waals surface area (Å²) in [7, 11) is 2.01. The number of anilines is 1. The van der Waals surface area contributed by atoms with E-state index in [4.69, 9.17) is 0 Å². The van der Waals surface area contributed by atoms with Gasteiger partial charge in [-0.25, -0.2) is 0 Å². The van der Waals surface area contributed by atoms with E-state index >= 15 is 0 Å². The van der Waals surface area contributed by atoms with Crippen LogP contribution in [0.1, 0.15) is 15.9 Å². The number of aromatic nitrogens is 1. The monoisotopic (exact) mass is 367 g/mol. The number of carbonyl (C=O) groups is 1. The molecule has 0 saturated heterocycles. The Bertz CT molecular complexity index is 1130. The van der Waals surface area contributed by atoms with Gasteiger partial charge in [-0.3, -0.25) is 4.79 Å². The number of benzene rings is 3. The van der Waals surface area contributed by atoms with Crippen LogP contribution in [0, 0.1) is 0 Å². The van der Waals surface area contributed by atoms with Crippen LogP contribution < -0.4 is 10.9 Å². The highest BCUT2D eigenvalue weighted by Gasteiger charge is 2.13. The molecule has 1 heterocycles. The Labute approximate surface area is 164 Å². The van der Waals surface area contributed by atoms with Gasteiger partial charge in [0, 0.05) is 41.4 Å². The molecule has 4 nitrogen and oxygen atoms in total. The molecule has 0 spiro atoms. The highest BCUT2D eigenvalue weighted by molar-refractivity contribution is 6.10. The molecule has 2 N–H and O–H groups in total. The summed E-state index contributed by atoms with van der Waals surface area (Å²) in [5.41, 5.74) is 10.8. The van der Waals surface area contributed by atoms with Crippen molar-refractivity contribution in [1.29, 1.82) is 0 Å². The molecule has 4 aromatic rings. The molecule has 3 aromatic carbocycles. The molecule has 138 valence electrons. The number of nitrogens with zero attached hydrogens (tertiary/aromatic N) is 1. The molecule has 0 saturated carbocycles. The number of nitrogens with one attached hydrogen (secondary N) is 2. The second-order valence-corrected chi connectivity index (χ2v) is 6.58. The summed E-state index contributed by atoms with van der Waals surface area (Å²) in [6.07, 6.45) is 3.68. The smallest absolute Gasteiger partial charge is 0.187 e. The van der Waals surface area contributed by atoms with Crippen molar-refractivity contribution in [3.63, 3.8) is 0 Å². The van der Waals surface area contributed by atoms with Crippen molar-refractivity contribution in [1.82, 2.24) is 9.99 Å². The maximum atomic E-state index is 12.8. The number of hydrogen-bond acceptors (Lipinski definition) is 3. The lowest BCUT2D eigenvalue weighted by atomic mass is 10.1. The third-order valence-electron chi connectivity index (χ3n) is 4.64. The lowest BCUT2D eigenvalue weighted by Crippen LogP contribution is -2.20. The number of aryl methyl sites for hydroxylation is 1. The Balaban J connectivity index is 1.74. The van der Waals surface area contributed by atoms with Crippen LogP contribution in [-0.4, -0.2) is 10.4 Å². The second-order valence-electron chi connectivity index (χ2n) is 6.58. The van der Waals surface area contributed by atoms with Gasteiger partial charge in [0.2, 0.25) is 0 Å². The number of rotatable bonds is 6. The second kappa shape index (κ2) is 7.84. The molecule has 0 bridgehead atoms. The third-order valence-corrected chi connectivity index (χ3v) is 4.64. The van der Waals surface area contributed by atoms with Crippen LogP contribution in [0.2, 0.25) is 0 Å². The van der Waals surface area contributed by atoms with Crippen molar-refractivity contribution < 1.29 is 4.79 Å². The molecule has 0 aliphatic rings. The zero-order valence-corrected chi connectivity index (χ0v) is 15.6. The van der Waals surface area contributed by atoms with E-state index in [2.05, 4.69) is 27.6 Å². The first kappa shape index (κ1) is 17.6. The minimum atomic E-state index is -0.0501. The van der Waals surface area contributed by atoms with Crippen molar-refractivity contribution in [2.45, 2.75) is 0 Å². The van der Waals surface area contributed by atoms with Crippen LogP contribution in [0.15, 0.2) is 97.2 Å². The quantitative estimate of drug-likeness (QED) is 0.286. The van der Waals surface area contributed by atoms with Crippen molar-refractivity contribution in [2.75, 3.05) is 5.43 Å². The van der Waals surface area contributed by atoms with Gasteiger partial charge in [-0.05, 0) is 18.2 Å². The molecule has 0 fully saturated rings. The van der Waals surface area contributed by atoms with Crippen molar-refractivity contribution in [3.8, 4) is 0 Å². The van der Waals surface area contributed by atoms with E-state index in [-0.39, 0.29) is 5.78 Å². The Hall–Kier alpha value is -3.79. The summed E-state index contributed by atoms with van der Waals surface area (Å²) in [5.74, 6) is -0.0501. The number of hydrogen-bond donors (Lipinski definition) is 2. The first-order valence-corrected chi connectivity index (χ1v) is 9.15. The zero-order chi connectivity index (χ0) is 19.3. The predicted molar refractivity (Wildman–Crippen MR) is 115 cm³/mol. The van der Waals surface area contributed by atoms with Crippen molar-refractivity contribution in [2.24, 2.45) is 7.05 Å². The van der Waals surface area contributed by atoms with Crippen LogP contribution in [-0.2, 0) is 7.05 Å². The van der Waals surface area contributed by atoms with Gasteiger partial charge in [-0.15, -0.1) is 0 Å². The maximum absolute atomic E-state index is 12.8. The van der Waals surface area contributed by atoms with Gasteiger partial charge in [0.15, 0.2) is 5.78 Å². The molecule has 0 atom stereocenters. The molecule has 0 radical (unpaired) electrons. The summed E-state index contributed by atoms with van der Waals surface area (Å²) in [5, 5.41) is 1.08. The average molecular weight is 367 g/mol. The SMILES string of the molecule is Cn1cc(/C(=C/C(=O)c2ccccc2)NNc2ccccc2)c2ccccc21. The van der Waals surface area contributed by atoms with Gasteiger partial charge in [-0.2, -0.15) is 0 Å². The normalized spacial score (nSPS) is 11.4. The first-order valence-electron chi connectivity index (χ1n) is 9.15. The first-order chi connectivity index (χ1) is 13.7. The lowest BCUT2D eigenvalue weighted by Gasteiger charge is -2.13. The molecule has 4 heteroatoms. The number of carbonyl (C=O) groups excluding carboxylic acids is 1. The fraction of sp³-hybridized carbons (Fsp3) is 0.0417. The number of fused-ring (bicyclic) bond motifs is 1. The van der Waals surface area contributed by atoms with E-state index in [0.717, 1.165) is 27.9 Å². The highest BCUT2D eigenvalue weighted by Crippen LogP contribution is 2.26. The van der Waals surface area contributed by atoms with Gasteiger partial charge < -0.3 is 15.4 Å². The highest BCUT2D eigenvalue weighted by atomic mass is 16.1. The van der Waals surface area contributed by atoms with E-state index in [1.165, 1.54) is 0 Å². The molecule has 0 aliphatic heterocycles. The van der Waals surface area contributed by atoms with E-state index in [9.17, 15) is 4.79 Å². The minimum absolute atomic E-state index is 0.0501. The number of allylic oxidation sites excluding steroid dienone is 1. The summed E-state index contributed by atoms with van der Waals surface area (Å²) < 4.78 is 2.07. The molecular formula is C24H21N3O. The largest absolute Gasteiger partial charge is 0.350 e. The minimum Gasteiger partial charge on any atom is -0.350 e. The standard InChI is InChI=1S/C24H21N3O/c1-27-17-21(20-14-8-9-15-23(20)27)22(26-25-19-12-6-3-7-13-19)16-24(28)18-10-4-2-5-11-18/h2-17,25-26H,1H3/b22-16-. The predicted octanol–water partition coefficient (Wildman–Crippen LogP) is 5.02. The van der Waals surface area contributed by atoms with Crippen molar-refractivity contribution in [3.05, 3.63) is 108 Å². The fourth-order valence-corrected chi connectivity index (χ4v) is 3.22. The Kier molecular flexibility index (Phi) is 4.93. The van der Waals surface area contributed by atoms with Gasteiger partial charge >= 0.3 is 0 Å². The van der Waals surface area contributed by atoms with Gasteiger partial charge in [0.05, 0.1) is 11.4 Å². The third kappa shape index (κ3) is 3.67. The van der Waals surface area contributed by atoms with Crippen LogP contribution >= 0.6 is 0 Å². The summed E-state index contributed by atoms with van der Waals surface area (Å²) >= 11 is 0. The van der Waals surface area contributed by atoms with E-state index in [1.807, 2.05) is 86.0 Å². The van der Waals surface area contributed by atoms with Gasteiger partial charge in [0.1, 0.15) is 0 Å². The Morgan fingerprint density at radius 2 is 1.50 bits per heavy atom. The zero-order valence-electron chi connectivity index (χ0n) is 15.6. The summed E-state index contributed by atoms with van der Waals surface area (Å²) in [6, 6.07) is 27.3. The Morgan fingerprint density at radius 3 is 2.25 bits per heavy atom. The van der Waals surface area contributed by atoms with Gasteiger partial charge in [-0.1, -0.05) is 66.7 Å². The van der Waals surface area contributed by atoms with Crippen LogP contribution in [0.3, 0.4) is 0 Å². The lowest BCUT2D eigenvalue weighted by molar-refractivity contribution is 0.104. The van der Waals surface area contributed by atoms with E-state index < -0.39 is 0 Å². The average Bonchev–Trinajstić information content (AvgIpc) is 3.09. The topological polar surface area (TPSA) is 46.1 Å². The number of hydrazine groups is 1. The van der Waals surface area contributed by atoms with E-state index in [1.54, 1.807) is 6.08 Å². The number of ketones is 1. The Morgan fingerprint density at radius 1 is 0.857 bits per heavy atom. The van der Waals surface area contributed by atoms with Crippen LogP contribution in [0.5, 0.6) is 0 Å². The van der Waals surface area contributed by atoms with Crippen molar-refractivity contribution >= 4 is 28.1 Å². The van der Waals surface area contributed by atoms with Crippen LogP contribution in [0.4, 0.5) is 5.69 Å².